The molecule has 1 amide bonds. The van der Waals surface area contributed by atoms with Crippen molar-refractivity contribution < 1.29 is 9.53 Å². The average molecular weight is 158 g/mol. The molecule has 4 heteroatoms. The fraction of sp³-hybridized carbons (Fsp3) is 0.857. The molecule has 0 aliphatic carbocycles. The van der Waals surface area contributed by atoms with Crippen LogP contribution in [0.1, 0.15) is 27.7 Å². The van der Waals surface area contributed by atoms with Crippen molar-refractivity contribution in [3.05, 3.63) is 0 Å². The van der Waals surface area contributed by atoms with Gasteiger partial charge >= 0.3 is 6.09 Å². The topological polar surface area (TPSA) is 51.0 Å². The van der Waals surface area contributed by atoms with Crippen molar-refractivity contribution in [2.24, 2.45) is 10.2 Å². The predicted molar refractivity (Wildman–Crippen MR) is 41.6 cm³/mol. The highest BCUT2D eigenvalue weighted by atomic mass is 16.6. The van der Waals surface area contributed by atoms with E-state index < -0.39 is 6.09 Å². The summed E-state index contributed by atoms with van der Waals surface area (Å²) in [6.45, 7) is 7.21. The molecule has 0 fully saturated rings. The highest BCUT2D eigenvalue weighted by Gasteiger charge is 2.01. The molecule has 11 heavy (non-hydrogen) atoms. The summed E-state index contributed by atoms with van der Waals surface area (Å²) in [5.74, 6) is 0. The van der Waals surface area contributed by atoms with E-state index in [0.29, 0.717) is 0 Å². The molecule has 0 heterocycles. The summed E-state index contributed by atoms with van der Waals surface area (Å²) >= 11 is 0. The van der Waals surface area contributed by atoms with E-state index in [2.05, 4.69) is 10.2 Å². The maximum atomic E-state index is 10.7. The minimum Gasteiger partial charge on any atom is -0.444 e. The Labute approximate surface area is 66.7 Å². The zero-order chi connectivity index (χ0) is 8.85. The van der Waals surface area contributed by atoms with Gasteiger partial charge in [-0.2, -0.15) is 5.11 Å². The second-order valence-corrected chi connectivity index (χ2v) is 2.74. The molecule has 0 spiro atoms. The second kappa shape index (κ2) is 4.82. The van der Waals surface area contributed by atoms with Gasteiger partial charge in [0.15, 0.2) is 0 Å². The number of hydrogen-bond acceptors (Lipinski definition) is 3. The van der Waals surface area contributed by atoms with E-state index >= 15 is 0 Å². The molecule has 0 rings (SSSR count). The quantitative estimate of drug-likeness (QED) is 0.579. The van der Waals surface area contributed by atoms with Gasteiger partial charge in [0.1, 0.15) is 0 Å². The highest BCUT2D eigenvalue weighted by Crippen LogP contribution is 1.94. The van der Waals surface area contributed by atoms with Crippen LogP contribution in [0.4, 0.5) is 4.79 Å². The molecule has 0 bridgehead atoms. The number of nitrogens with zero attached hydrogens (tertiary/aromatic N) is 2. The molecule has 0 aliphatic rings. The highest BCUT2D eigenvalue weighted by molar-refractivity contribution is 5.67. The molecule has 0 unspecified atom stereocenters. The van der Waals surface area contributed by atoms with Gasteiger partial charge in [-0.1, -0.05) is 5.11 Å². The zero-order valence-electron chi connectivity index (χ0n) is 7.37. The van der Waals surface area contributed by atoms with Crippen molar-refractivity contribution in [1.29, 1.82) is 0 Å². The number of azo groups is 1. The number of amides is 1. The van der Waals surface area contributed by atoms with Crippen LogP contribution in [0, 0.1) is 0 Å². The first-order valence-corrected chi connectivity index (χ1v) is 3.64. The maximum absolute atomic E-state index is 10.7. The molecule has 0 N–H and O–H groups in total. The van der Waals surface area contributed by atoms with E-state index in [1.54, 1.807) is 13.8 Å². The van der Waals surface area contributed by atoms with Crippen LogP contribution in [0.5, 0.6) is 0 Å². The van der Waals surface area contributed by atoms with Gasteiger partial charge in [0.25, 0.3) is 0 Å². The Bertz CT molecular complexity index is 153. The third kappa shape index (κ3) is 6.96. The Hall–Kier alpha value is -0.930. The van der Waals surface area contributed by atoms with Gasteiger partial charge in [0, 0.05) is 0 Å². The minimum absolute atomic E-state index is 0.0368. The molecule has 0 radical (unpaired) electrons. The van der Waals surface area contributed by atoms with Gasteiger partial charge in [0.2, 0.25) is 0 Å². The van der Waals surface area contributed by atoms with Crippen LogP contribution >= 0.6 is 0 Å². The number of carbonyl (C=O) groups is 1. The fourth-order valence-electron chi connectivity index (χ4n) is 0.388. The first-order valence-electron chi connectivity index (χ1n) is 3.64. The van der Waals surface area contributed by atoms with E-state index in [9.17, 15) is 4.79 Å². The van der Waals surface area contributed by atoms with E-state index in [4.69, 9.17) is 4.74 Å². The monoisotopic (exact) mass is 158 g/mol. The first kappa shape index (κ1) is 10.1. The Kier molecular flexibility index (Phi) is 4.41. The lowest BCUT2D eigenvalue weighted by atomic mass is 10.4. The largest absolute Gasteiger partial charge is 0.452 e. The molecule has 4 nitrogen and oxygen atoms in total. The van der Waals surface area contributed by atoms with Gasteiger partial charge in [-0.25, -0.2) is 4.79 Å². The van der Waals surface area contributed by atoms with Gasteiger partial charge in [-0.3, -0.25) is 0 Å². The van der Waals surface area contributed by atoms with Crippen LogP contribution in [0.2, 0.25) is 0 Å². The van der Waals surface area contributed by atoms with Crippen LogP contribution in [0.15, 0.2) is 10.2 Å². The lowest BCUT2D eigenvalue weighted by molar-refractivity contribution is 0.123. The van der Waals surface area contributed by atoms with Crippen LogP contribution in [-0.4, -0.2) is 18.2 Å². The summed E-state index contributed by atoms with van der Waals surface area (Å²) in [6, 6.07) is 0.0368. The predicted octanol–water partition coefficient (Wildman–Crippen LogP) is 2.39. The normalized spacial score (nSPS) is 11.5. The molecular weight excluding hydrogens is 144 g/mol. The molecule has 0 saturated carbocycles. The van der Waals surface area contributed by atoms with Gasteiger partial charge in [0.05, 0.1) is 12.1 Å². The number of hydrogen-bond donors (Lipinski definition) is 0. The van der Waals surface area contributed by atoms with E-state index in [0.717, 1.165) is 0 Å². The standard InChI is InChI=1S/C7H14N2O2/c1-5(2)8-9-7(10)11-6(3)4/h5-6H,1-4H3/b9-8+. The van der Waals surface area contributed by atoms with E-state index in [1.165, 1.54) is 0 Å². The molecule has 0 atom stereocenters. The molecule has 0 aliphatic heterocycles. The lowest BCUT2D eigenvalue weighted by Crippen LogP contribution is -2.07. The van der Waals surface area contributed by atoms with Crippen LogP contribution in [0.3, 0.4) is 0 Å². The smallest absolute Gasteiger partial charge is 0.444 e. The average Bonchev–Trinajstić information content (AvgIpc) is 1.82. The Balaban J connectivity index is 3.69. The lowest BCUT2D eigenvalue weighted by Gasteiger charge is -2.02. The van der Waals surface area contributed by atoms with Gasteiger partial charge in [-0.15, -0.1) is 0 Å². The van der Waals surface area contributed by atoms with Crippen molar-refractivity contribution in [3.8, 4) is 0 Å². The molecule has 64 valence electrons. The van der Waals surface area contributed by atoms with Crippen molar-refractivity contribution >= 4 is 6.09 Å². The molecular formula is C7H14N2O2. The summed E-state index contributed by atoms with van der Waals surface area (Å²) < 4.78 is 4.70. The Morgan fingerprint density at radius 3 is 2.18 bits per heavy atom. The molecule has 0 aromatic rings. The summed E-state index contributed by atoms with van der Waals surface area (Å²) in [4.78, 5) is 10.7. The maximum Gasteiger partial charge on any atom is 0.452 e. The second-order valence-electron chi connectivity index (χ2n) is 2.74. The van der Waals surface area contributed by atoms with Crippen molar-refractivity contribution in [2.75, 3.05) is 0 Å². The molecule has 0 saturated heterocycles. The van der Waals surface area contributed by atoms with Crippen LogP contribution in [-0.2, 0) is 4.74 Å². The summed E-state index contributed by atoms with van der Waals surface area (Å²) in [7, 11) is 0. The Morgan fingerprint density at radius 1 is 1.27 bits per heavy atom. The van der Waals surface area contributed by atoms with Crippen molar-refractivity contribution in [1.82, 2.24) is 0 Å². The first-order chi connectivity index (χ1) is 5.02. The third-order valence-corrected chi connectivity index (χ3v) is 0.707. The van der Waals surface area contributed by atoms with Gasteiger partial charge < -0.3 is 4.74 Å². The third-order valence-electron chi connectivity index (χ3n) is 0.707. The van der Waals surface area contributed by atoms with E-state index in [-0.39, 0.29) is 12.1 Å². The number of ether oxygens (including phenoxy) is 1. The van der Waals surface area contributed by atoms with Crippen LogP contribution in [0.25, 0.3) is 0 Å². The van der Waals surface area contributed by atoms with E-state index in [1.807, 2.05) is 13.8 Å². The summed E-state index contributed by atoms with van der Waals surface area (Å²) in [5.41, 5.74) is 0. The van der Waals surface area contributed by atoms with Crippen LogP contribution < -0.4 is 0 Å². The SMILES string of the molecule is CC(C)/N=N/C(=O)OC(C)C. The molecule has 0 aromatic carbocycles. The summed E-state index contributed by atoms with van der Waals surface area (Å²) in [6.07, 6.45) is -0.748. The van der Waals surface area contributed by atoms with Crippen molar-refractivity contribution in [2.45, 2.75) is 39.8 Å². The number of carbonyl (C=O) groups excluding carboxylic acids is 1. The zero-order valence-corrected chi connectivity index (χ0v) is 7.37. The number of rotatable bonds is 2. The summed E-state index contributed by atoms with van der Waals surface area (Å²) in [5, 5.41) is 6.96. The van der Waals surface area contributed by atoms with Crippen molar-refractivity contribution in [3.63, 3.8) is 0 Å². The fourth-order valence-corrected chi connectivity index (χ4v) is 0.388. The van der Waals surface area contributed by atoms with Gasteiger partial charge in [-0.05, 0) is 27.7 Å². The minimum atomic E-state index is -0.617. The molecule has 0 aromatic heterocycles. The Morgan fingerprint density at radius 2 is 1.82 bits per heavy atom.